The van der Waals surface area contributed by atoms with E-state index in [0.717, 1.165) is 59.6 Å². The number of pyridine rings is 3. The Morgan fingerprint density at radius 2 is 1.85 bits per heavy atom. The van der Waals surface area contributed by atoms with Gasteiger partial charge in [-0.15, -0.1) is 0 Å². The number of hydrogen-bond donors (Lipinski definition) is 2. The fraction of sp³-hybridized carbons (Fsp3) is 0.417. The van der Waals surface area contributed by atoms with Crippen LogP contribution in [0.5, 0.6) is 5.88 Å². The van der Waals surface area contributed by atoms with Gasteiger partial charge in [-0.2, -0.15) is 0 Å². The minimum absolute atomic E-state index is 0.0126. The molecule has 248 valence electrons. The van der Waals surface area contributed by atoms with Crippen molar-refractivity contribution in [1.29, 1.82) is 0 Å². The highest BCUT2D eigenvalue weighted by atomic mass is 35.5. The number of carbonyl (C=O) groups excluding carboxylic acids is 2. The first kappa shape index (κ1) is 30.8. The van der Waals surface area contributed by atoms with Crippen molar-refractivity contribution in [2.24, 2.45) is 11.7 Å². The van der Waals surface area contributed by atoms with E-state index in [1.807, 2.05) is 41.3 Å². The predicted molar refractivity (Wildman–Crippen MR) is 183 cm³/mol. The van der Waals surface area contributed by atoms with Gasteiger partial charge in [0, 0.05) is 52.9 Å². The molecule has 7 heterocycles. The average Bonchev–Trinajstić information content (AvgIpc) is 3.38. The molecule has 4 atom stereocenters. The SMILES string of the molecule is COc1cc(C(=O)N2[C@H]3CC[C@@H]2[C@H](N)C3)cc2nc(-c3cc4ccc([C@@H](C)NC(=O)c5cc(C)nc(Cl)c5)nc4n3CC3CC3)c(C)n12. The quantitative estimate of drug-likeness (QED) is 0.205. The number of rotatable bonds is 8. The first-order chi connectivity index (χ1) is 23.1. The Kier molecular flexibility index (Phi) is 7.44. The lowest BCUT2D eigenvalue weighted by molar-refractivity contribution is 0.0725. The fourth-order valence-corrected chi connectivity index (χ4v) is 7.98. The van der Waals surface area contributed by atoms with Crippen molar-refractivity contribution in [3.05, 3.63) is 75.8 Å². The van der Waals surface area contributed by atoms with Crippen LogP contribution in [0.15, 0.2) is 42.5 Å². The maximum absolute atomic E-state index is 13.8. The molecule has 12 heteroatoms. The van der Waals surface area contributed by atoms with Gasteiger partial charge in [0.1, 0.15) is 22.1 Å². The molecule has 3 fully saturated rings. The van der Waals surface area contributed by atoms with Crippen LogP contribution in [0.25, 0.3) is 28.1 Å². The third-order valence-corrected chi connectivity index (χ3v) is 10.5. The number of hydrogen-bond acceptors (Lipinski definition) is 7. The highest BCUT2D eigenvalue weighted by molar-refractivity contribution is 6.29. The molecule has 0 radical (unpaired) electrons. The van der Waals surface area contributed by atoms with Crippen molar-refractivity contribution < 1.29 is 14.3 Å². The van der Waals surface area contributed by atoms with Crippen LogP contribution in [0.3, 0.4) is 0 Å². The molecule has 0 spiro atoms. The van der Waals surface area contributed by atoms with Gasteiger partial charge in [-0.05, 0) is 95.2 Å². The zero-order valence-electron chi connectivity index (χ0n) is 27.5. The first-order valence-corrected chi connectivity index (χ1v) is 17.1. The second-order valence-corrected chi connectivity index (χ2v) is 14.1. The third kappa shape index (κ3) is 5.20. The summed E-state index contributed by atoms with van der Waals surface area (Å²) in [4.78, 5) is 43.3. The molecule has 3 aliphatic rings. The van der Waals surface area contributed by atoms with E-state index in [9.17, 15) is 9.59 Å². The Hall–Kier alpha value is -4.48. The van der Waals surface area contributed by atoms with Crippen LogP contribution in [-0.4, -0.2) is 65.9 Å². The lowest BCUT2D eigenvalue weighted by Crippen LogP contribution is -2.40. The van der Waals surface area contributed by atoms with E-state index in [4.69, 9.17) is 32.0 Å². The number of methoxy groups -OCH3 is 1. The Balaban J connectivity index is 1.16. The van der Waals surface area contributed by atoms with Crippen LogP contribution in [-0.2, 0) is 6.54 Å². The Morgan fingerprint density at radius 1 is 1.04 bits per heavy atom. The highest BCUT2D eigenvalue weighted by Crippen LogP contribution is 2.40. The zero-order chi connectivity index (χ0) is 33.4. The van der Waals surface area contributed by atoms with Crippen molar-refractivity contribution in [1.82, 2.24) is 34.1 Å². The smallest absolute Gasteiger partial charge is 0.254 e. The second kappa shape index (κ2) is 11.6. The van der Waals surface area contributed by atoms with E-state index in [2.05, 4.69) is 27.0 Å². The topological polar surface area (TPSA) is 133 Å². The molecule has 2 amide bonds. The lowest BCUT2D eigenvalue weighted by Gasteiger charge is -2.23. The summed E-state index contributed by atoms with van der Waals surface area (Å²) in [5.41, 5.74) is 13.0. The van der Waals surface area contributed by atoms with Crippen LogP contribution in [0, 0.1) is 19.8 Å². The van der Waals surface area contributed by atoms with E-state index < -0.39 is 0 Å². The fourth-order valence-electron chi connectivity index (χ4n) is 7.73. The molecule has 1 saturated carbocycles. The lowest BCUT2D eigenvalue weighted by atomic mass is 9.97. The summed E-state index contributed by atoms with van der Waals surface area (Å²) in [5.74, 6) is 0.878. The number of nitrogens with two attached hydrogens (primary N) is 1. The minimum atomic E-state index is -0.348. The molecule has 8 rings (SSSR count). The summed E-state index contributed by atoms with van der Waals surface area (Å²) in [5, 5.41) is 4.34. The monoisotopic (exact) mass is 666 g/mol. The van der Waals surface area contributed by atoms with Crippen LogP contribution in [0.4, 0.5) is 0 Å². The summed E-state index contributed by atoms with van der Waals surface area (Å²) in [6, 6.07) is 13.1. The van der Waals surface area contributed by atoms with Gasteiger partial charge in [-0.25, -0.2) is 15.0 Å². The second-order valence-electron chi connectivity index (χ2n) is 13.7. The van der Waals surface area contributed by atoms with Gasteiger partial charge in [0.05, 0.1) is 30.2 Å². The van der Waals surface area contributed by atoms with Crippen molar-refractivity contribution in [2.45, 2.75) is 83.6 Å². The molecule has 0 aromatic carbocycles. The normalized spacial score (nSPS) is 21.0. The molecule has 48 heavy (non-hydrogen) atoms. The third-order valence-electron chi connectivity index (χ3n) is 10.3. The van der Waals surface area contributed by atoms with Crippen molar-refractivity contribution in [2.75, 3.05) is 7.11 Å². The van der Waals surface area contributed by atoms with Crippen LogP contribution >= 0.6 is 11.6 Å². The number of ether oxygens (including phenoxy) is 1. The van der Waals surface area contributed by atoms with E-state index in [-0.39, 0.29) is 41.1 Å². The molecule has 11 nitrogen and oxygen atoms in total. The molecule has 5 aromatic heterocycles. The van der Waals surface area contributed by atoms with Gasteiger partial charge in [-0.1, -0.05) is 11.6 Å². The number of amides is 2. The predicted octanol–water partition coefficient (Wildman–Crippen LogP) is 5.63. The number of nitrogens with zero attached hydrogens (tertiary/aromatic N) is 6. The largest absolute Gasteiger partial charge is 0.482 e. The zero-order valence-corrected chi connectivity index (χ0v) is 28.3. The number of halogens is 1. The Bertz CT molecular complexity index is 2100. The summed E-state index contributed by atoms with van der Waals surface area (Å²) in [6.07, 6.45) is 5.15. The molecular weight excluding hydrogens is 628 g/mol. The Labute approximate surface area is 283 Å². The van der Waals surface area contributed by atoms with Crippen molar-refractivity contribution in [3.63, 3.8) is 0 Å². The minimum Gasteiger partial charge on any atom is -0.482 e. The summed E-state index contributed by atoms with van der Waals surface area (Å²) in [7, 11) is 1.62. The van der Waals surface area contributed by atoms with Crippen LogP contribution in [0.2, 0.25) is 5.15 Å². The van der Waals surface area contributed by atoms with E-state index in [0.29, 0.717) is 34.3 Å². The summed E-state index contributed by atoms with van der Waals surface area (Å²) >= 11 is 6.11. The molecular formula is C36H39ClN8O3. The van der Waals surface area contributed by atoms with Gasteiger partial charge in [0.25, 0.3) is 11.8 Å². The number of imidazole rings is 1. The number of aromatic nitrogens is 5. The number of nitrogens with one attached hydrogen (secondary N) is 1. The van der Waals surface area contributed by atoms with Crippen molar-refractivity contribution >= 4 is 40.1 Å². The molecule has 0 unspecified atom stereocenters. The standard InChI is InChI=1S/C36H39ClN8O3/c1-18-11-23(13-30(37)39-18)35(46)40-19(2)27-9-7-22-12-29(43(34(22)41-27)17-21-5-6-21)33-20(3)44-31(42-33)14-24(15-32(44)48-4)36(47)45-25-8-10-28(45)26(38)16-25/h7,9,11-15,19,21,25-26,28H,5-6,8,10,16-17,38H2,1-4H3,(H,40,46)/t19-,25+,26-,28-/m1/s1. The Morgan fingerprint density at radius 3 is 2.54 bits per heavy atom. The van der Waals surface area contributed by atoms with Gasteiger partial charge in [0.2, 0.25) is 0 Å². The molecule has 2 bridgehead atoms. The van der Waals surface area contributed by atoms with Gasteiger partial charge in [0.15, 0.2) is 5.88 Å². The summed E-state index contributed by atoms with van der Waals surface area (Å²) in [6.45, 7) is 6.58. The first-order valence-electron chi connectivity index (χ1n) is 16.7. The maximum Gasteiger partial charge on any atom is 0.254 e. The van der Waals surface area contributed by atoms with Gasteiger partial charge < -0.3 is 25.3 Å². The van der Waals surface area contributed by atoms with Gasteiger partial charge >= 0.3 is 0 Å². The van der Waals surface area contributed by atoms with E-state index in [1.54, 1.807) is 26.2 Å². The number of carbonyl (C=O) groups is 2. The average molecular weight is 667 g/mol. The highest BCUT2D eigenvalue weighted by Gasteiger charge is 2.47. The molecule has 2 saturated heterocycles. The van der Waals surface area contributed by atoms with E-state index >= 15 is 0 Å². The van der Waals surface area contributed by atoms with Crippen molar-refractivity contribution in [3.8, 4) is 17.3 Å². The molecule has 2 aliphatic heterocycles. The summed E-state index contributed by atoms with van der Waals surface area (Å²) < 4.78 is 10.1. The van der Waals surface area contributed by atoms with Gasteiger partial charge in [-0.3, -0.25) is 14.0 Å². The maximum atomic E-state index is 13.8. The molecule has 3 N–H and O–H groups in total. The van der Waals surface area contributed by atoms with Crippen LogP contribution < -0.4 is 15.8 Å². The molecule has 5 aromatic rings. The number of aryl methyl sites for hydroxylation is 2. The van der Waals surface area contributed by atoms with E-state index in [1.165, 1.54) is 12.8 Å². The number of fused-ring (bicyclic) bond motifs is 4. The van der Waals surface area contributed by atoms with Crippen LogP contribution in [0.1, 0.15) is 82.9 Å². The molecule has 1 aliphatic carbocycles.